The summed E-state index contributed by atoms with van der Waals surface area (Å²) in [6.45, 7) is 5.68. The zero-order valence-corrected chi connectivity index (χ0v) is 7.70. The Morgan fingerprint density at radius 1 is 1.25 bits per heavy atom. The van der Waals surface area contributed by atoms with Gasteiger partial charge in [0.15, 0.2) is 0 Å². The lowest BCUT2D eigenvalue weighted by atomic mass is 10.1. The van der Waals surface area contributed by atoms with Crippen molar-refractivity contribution in [2.24, 2.45) is 0 Å². The van der Waals surface area contributed by atoms with E-state index in [1.54, 1.807) is 0 Å². The molecule has 1 aromatic carbocycles. The van der Waals surface area contributed by atoms with Crippen LogP contribution < -0.4 is 0 Å². The van der Waals surface area contributed by atoms with Crippen LogP contribution in [0.15, 0.2) is 30.3 Å². The minimum Gasteiger partial charge on any atom is -0.290 e. The summed E-state index contributed by atoms with van der Waals surface area (Å²) in [5.74, 6) is 0. The molecule has 1 heterocycles. The number of hydrogen-bond donors (Lipinski definition) is 0. The summed E-state index contributed by atoms with van der Waals surface area (Å²) in [6, 6.07) is 12.2. The maximum atomic E-state index is 2.50. The van der Waals surface area contributed by atoms with E-state index in [2.05, 4.69) is 49.1 Å². The first kappa shape index (κ1) is 7.81. The second-order valence-corrected chi connectivity index (χ2v) is 3.43. The van der Waals surface area contributed by atoms with Gasteiger partial charge in [-0.15, -0.1) is 0 Å². The lowest BCUT2D eigenvalue weighted by molar-refractivity contribution is 0.518. The second kappa shape index (κ2) is 2.91. The fourth-order valence-corrected chi connectivity index (χ4v) is 2.01. The molecule has 0 spiro atoms. The van der Waals surface area contributed by atoms with Gasteiger partial charge >= 0.3 is 0 Å². The van der Waals surface area contributed by atoms with Crippen LogP contribution >= 0.6 is 0 Å². The summed E-state index contributed by atoms with van der Waals surface area (Å²) < 4.78 is 0. The number of nitrogens with zero attached hydrogens (tertiary/aromatic N) is 1. The molecule has 0 amide bonds. The van der Waals surface area contributed by atoms with Crippen molar-refractivity contribution in [2.75, 3.05) is 6.54 Å². The molecule has 1 fully saturated rings. The van der Waals surface area contributed by atoms with Gasteiger partial charge in [0.05, 0.1) is 6.04 Å². The smallest absolute Gasteiger partial charge is 0.0504 e. The first-order chi connectivity index (χ1) is 5.84. The molecule has 0 N–H and O–H groups in total. The van der Waals surface area contributed by atoms with Crippen molar-refractivity contribution in [2.45, 2.75) is 25.9 Å². The molecule has 0 radical (unpaired) electrons. The summed E-state index contributed by atoms with van der Waals surface area (Å²) in [5.41, 5.74) is 1.46. The molecule has 1 nitrogen and oxygen atoms in total. The topological polar surface area (TPSA) is 3.01 Å². The minimum atomic E-state index is 0.691. The van der Waals surface area contributed by atoms with Gasteiger partial charge in [0, 0.05) is 6.04 Å². The molecule has 1 heteroatoms. The molecular formula is C11H15N. The molecule has 0 bridgehead atoms. The Morgan fingerprint density at radius 3 is 2.42 bits per heavy atom. The number of hydrogen-bond acceptors (Lipinski definition) is 1. The highest BCUT2D eigenvalue weighted by atomic mass is 15.3. The Morgan fingerprint density at radius 2 is 1.92 bits per heavy atom. The van der Waals surface area contributed by atoms with Crippen LogP contribution in [0.3, 0.4) is 0 Å². The van der Waals surface area contributed by atoms with Crippen molar-refractivity contribution in [1.82, 2.24) is 4.90 Å². The average molecular weight is 161 g/mol. The minimum absolute atomic E-state index is 0.691. The summed E-state index contributed by atoms with van der Waals surface area (Å²) in [4.78, 5) is 2.50. The highest BCUT2D eigenvalue weighted by Gasteiger charge is 2.42. The Hall–Kier alpha value is -0.820. The van der Waals surface area contributed by atoms with Crippen molar-refractivity contribution in [3.8, 4) is 0 Å². The zero-order valence-electron chi connectivity index (χ0n) is 7.70. The number of benzene rings is 1. The fourth-order valence-electron chi connectivity index (χ4n) is 2.01. The molecule has 2 rings (SSSR count). The first-order valence-electron chi connectivity index (χ1n) is 4.65. The maximum absolute atomic E-state index is 2.50. The van der Waals surface area contributed by atoms with E-state index in [0.29, 0.717) is 6.04 Å². The first-order valence-corrected chi connectivity index (χ1v) is 4.65. The van der Waals surface area contributed by atoms with Gasteiger partial charge in [-0.2, -0.15) is 0 Å². The number of likely N-dealkylation sites (N-methyl/N-ethyl adjacent to an activating group) is 1. The molecule has 0 aromatic heterocycles. The summed E-state index contributed by atoms with van der Waals surface area (Å²) in [6.07, 6.45) is 0. The van der Waals surface area contributed by atoms with E-state index in [9.17, 15) is 0 Å². The van der Waals surface area contributed by atoms with Crippen molar-refractivity contribution < 1.29 is 0 Å². The molecular weight excluding hydrogens is 146 g/mol. The Labute approximate surface area is 74.0 Å². The molecule has 1 aromatic rings. The van der Waals surface area contributed by atoms with Crippen molar-refractivity contribution in [3.63, 3.8) is 0 Å². The van der Waals surface area contributed by atoms with Crippen LogP contribution in [0.4, 0.5) is 0 Å². The highest BCUT2D eigenvalue weighted by molar-refractivity contribution is 5.26. The van der Waals surface area contributed by atoms with Crippen LogP contribution in [0.2, 0.25) is 0 Å². The third-order valence-corrected chi connectivity index (χ3v) is 2.75. The van der Waals surface area contributed by atoms with Gasteiger partial charge in [-0.3, -0.25) is 4.90 Å². The van der Waals surface area contributed by atoms with E-state index in [1.807, 2.05) is 0 Å². The van der Waals surface area contributed by atoms with E-state index in [-0.39, 0.29) is 0 Å². The van der Waals surface area contributed by atoms with Gasteiger partial charge in [0.1, 0.15) is 0 Å². The second-order valence-electron chi connectivity index (χ2n) is 3.43. The molecule has 3 unspecified atom stereocenters. The molecule has 12 heavy (non-hydrogen) atoms. The van der Waals surface area contributed by atoms with E-state index >= 15 is 0 Å². The SMILES string of the molecule is CCN1C(C)C1c1ccccc1. The predicted octanol–water partition coefficient (Wildman–Crippen LogP) is 2.45. The summed E-state index contributed by atoms with van der Waals surface area (Å²) in [7, 11) is 0. The van der Waals surface area contributed by atoms with Gasteiger partial charge in [-0.05, 0) is 19.0 Å². The van der Waals surface area contributed by atoms with E-state index in [4.69, 9.17) is 0 Å². The van der Waals surface area contributed by atoms with E-state index in [0.717, 1.165) is 6.04 Å². The fraction of sp³-hybridized carbons (Fsp3) is 0.455. The van der Waals surface area contributed by atoms with Gasteiger partial charge in [-0.1, -0.05) is 37.3 Å². The normalized spacial score (nSPS) is 33.3. The quantitative estimate of drug-likeness (QED) is 0.602. The zero-order chi connectivity index (χ0) is 8.55. The van der Waals surface area contributed by atoms with Crippen LogP contribution in [-0.4, -0.2) is 17.5 Å². The Bertz CT molecular complexity index is 255. The van der Waals surface area contributed by atoms with Gasteiger partial charge in [-0.25, -0.2) is 0 Å². The third kappa shape index (κ3) is 1.14. The molecule has 0 saturated carbocycles. The number of rotatable bonds is 2. The lowest BCUT2D eigenvalue weighted by Gasteiger charge is -1.98. The Balaban J connectivity index is 2.14. The van der Waals surface area contributed by atoms with Gasteiger partial charge < -0.3 is 0 Å². The van der Waals surface area contributed by atoms with Crippen molar-refractivity contribution in [1.29, 1.82) is 0 Å². The summed E-state index contributed by atoms with van der Waals surface area (Å²) in [5, 5.41) is 0. The van der Waals surface area contributed by atoms with Crippen LogP contribution in [-0.2, 0) is 0 Å². The molecule has 1 aliphatic rings. The molecule has 64 valence electrons. The maximum Gasteiger partial charge on any atom is 0.0504 e. The molecule has 1 saturated heterocycles. The van der Waals surface area contributed by atoms with E-state index in [1.165, 1.54) is 12.1 Å². The van der Waals surface area contributed by atoms with Crippen LogP contribution in [0.25, 0.3) is 0 Å². The van der Waals surface area contributed by atoms with Gasteiger partial charge in [0.2, 0.25) is 0 Å². The molecule has 0 aliphatic carbocycles. The van der Waals surface area contributed by atoms with Crippen LogP contribution in [0.1, 0.15) is 25.5 Å². The van der Waals surface area contributed by atoms with Crippen molar-refractivity contribution in [3.05, 3.63) is 35.9 Å². The lowest BCUT2D eigenvalue weighted by Crippen LogP contribution is -1.96. The predicted molar refractivity (Wildman–Crippen MR) is 51.0 cm³/mol. The third-order valence-electron chi connectivity index (χ3n) is 2.75. The van der Waals surface area contributed by atoms with Crippen LogP contribution in [0.5, 0.6) is 0 Å². The van der Waals surface area contributed by atoms with Crippen LogP contribution in [0, 0.1) is 0 Å². The largest absolute Gasteiger partial charge is 0.290 e. The molecule has 1 aliphatic heterocycles. The molecule has 3 atom stereocenters. The van der Waals surface area contributed by atoms with E-state index < -0.39 is 0 Å². The average Bonchev–Trinajstić information content (AvgIpc) is 2.78. The Kier molecular flexibility index (Phi) is 1.89. The standard InChI is InChI=1S/C11H15N/c1-3-12-9(2)11(12)10-7-5-4-6-8-10/h4-9,11H,3H2,1-2H3. The summed E-state index contributed by atoms with van der Waals surface area (Å²) >= 11 is 0. The monoisotopic (exact) mass is 161 g/mol. The van der Waals surface area contributed by atoms with Crippen molar-refractivity contribution >= 4 is 0 Å². The highest BCUT2D eigenvalue weighted by Crippen LogP contribution is 2.41. The van der Waals surface area contributed by atoms with Gasteiger partial charge in [0.25, 0.3) is 0 Å².